The first-order valence-corrected chi connectivity index (χ1v) is 9.27. The van der Waals surface area contributed by atoms with Crippen LogP contribution < -0.4 is 5.73 Å². The summed E-state index contributed by atoms with van der Waals surface area (Å²) in [5.74, 6) is 2.51. The molecule has 0 spiro atoms. The molecule has 7 nitrogen and oxygen atoms in total. The zero-order valence-electron chi connectivity index (χ0n) is 14.8. The second kappa shape index (κ2) is 8.07. The van der Waals surface area contributed by atoms with Gasteiger partial charge in [-0.3, -0.25) is 9.69 Å². The van der Waals surface area contributed by atoms with Gasteiger partial charge in [-0.25, -0.2) is 0 Å². The lowest BCUT2D eigenvalue weighted by molar-refractivity contribution is -0.132. The number of carbonyl (C=O) groups is 1. The van der Waals surface area contributed by atoms with E-state index in [1.165, 1.54) is 19.3 Å². The van der Waals surface area contributed by atoms with Crippen molar-refractivity contribution < 1.29 is 4.79 Å². The molecule has 0 bridgehead atoms. The second-order valence-electron chi connectivity index (χ2n) is 7.09. The van der Waals surface area contributed by atoms with Crippen molar-refractivity contribution in [1.82, 2.24) is 24.6 Å². The molecule has 0 aromatic carbocycles. The number of piperidine rings is 2. The molecular formula is C17H30N6O. The number of likely N-dealkylation sites (tertiary alicyclic amines) is 2. The lowest BCUT2D eigenvalue weighted by Gasteiger charge is -2.32. The van der Waals surface area contributed by atoms with Crippen molar-refractivity contribution in [3.63, 3.8) is 0 Å². The van der Waals surface area contributed by atoms with E-state index in [9.17, 15) is 4.79 Å². The standard InChI is InChI=1S/C17H30N6O/c1-21-15(13-22-9-3-2-4-10-22)19-20-17(21)14-6-5-11-23(12-14)16(24)7-8-18/h14H,2-13,18H2,1H3/t14-/m0/s1. The number of amides is 1. The molecule has 2 aliphatic rings. The van der Waals surface area contributed by atoms with E-state index < -0.39 is 0 Å². The number of aromatic nitrogens is 3. The van der Waals surface area contributed by atoms with Crippen molar-refractivity contribution in [3.8, 4) is 0 Å². The van der Waals surface area contributed by atoms with Crippen LogP contribution in [0.2, 0.25) is 0 Å². The van der Waals surface area contributed by atoms with Crippen LogP contribution in [-0.2, 0) is 18.4 Å². The Morgan fingerprint density at radius 2 is 1.96 bits per heavy atom. The Hall–Kier alpha value is -1.47. The van der Waals surface area contributed by atoms with E-state index in [2.05, 4.69) is 26.7 Å². The van der Waals surface area contributed by atoms with Gasteiger partial charge in [0.1, 0.15) is 11.6 Å². The van der Waals surface area contributed by atoms with E-state index in [4.69, 9.17) is 5.73 Å². The first-order valence-electron chi connectivity index (χ1n) is 9.27. The highest BCUT2D eigenvalue weighted by Crippen LogP contribution is 2.26. The number of nitrogens with zero attached hydrogens (tertiary/aromatic N) is 5. The van der Waals surface area contributed by atoms with Gasteiger partial charge in [0.25, 0.3) is 0 Å². The highest BCUT2D eigenvalue weighted by Gasteiger charge is 2.28. The van der Waals surface area contributed by atoms with E-state index in [0.717, 1.165) is 57.2 Å². The molecule has 1 atom stereocenters. The maximum Gasteiger partial charge on any atom is 0.223 e. The number of carbonyl (C=O) groups excluding carboxylic acids is 1. The van der Waals surface area contributed by atoms with Gasteiger partial charge in [0, 0.05) is 39.0 Å². The summed E-state index contributed by atoms with van der Waals surface area (Å²) >= 11 is 0. The normalized spacial score (nSPS) is 22.8. The summed E-state index contributed by atoms with van der Waals surface area (Å²) in [5, 5.41) is 8.91. The third kappa shape index (κ3) is 3.95. The van der Waals surface area contributed by atoms with Crippen molar-refractivity contribution in [3.05, 3.63) is 11.6 Å². The first-order chi connectivity index (χ1) is 11.7. The Balaban J connectivity index is 1.64. The second-order valence-corrected chi connectivity index (χ2v) is 7.09. The maximum absolute atomic E-state index is 12.1. The molecule has 134 valence electrons. The van der Waals surface area contributed by atoms with Crippen molar-refractivity contribution in [2.45, 2.75) is 51.0 Å². The molecule has 1 aromatic rings. The molecule has 0 saturated carbocycles. The molecule has 2 saturated heterocycles. The van der Waals surface area contributed by atoms with E-state index in [-0.39, 0.29) is 11.8 Å². The summed E-state index contributed by atoms with van der Waals surface area (Å²) in [6.45, 7) is 5.21. The van der Waals surface area contributed by atoms with Gasteiger partial charge in [0.15, 0.2) is 0 Å². The third-order valence-corrected chi connectivity index (χ3v) is 5.31. The Bertz CT molecular complexity index is 551. The average Bonchev–Trinajstić information content (AvgIpc) is 2.97. The molecular weight excluding hydrogens is 304 g/mol. The van der Waals surface area contributed by atoms with Crippen LogP contribution in [0.5, 0.6) is 0 Å². The maximum atomic E-state index is 12.1. The predicted molar refractivity (Wildman–Crippen MR) is 92.4 cm³/mol. The van der Waals surface area contributed by atoms with Crippen LogP contribution in [0.15, 0.2) is 0 Å². The van der Waals surface area contributed by atoms with Gasteiger partial charge < -0.3 is 15.2 Å². The van der Waals surface area contributed by atoms with Crippen molar-refractivity contribution >= 4 is 5.91 Å². The fourth-order valence-electron chi connectivity index (χ4n) is 3.88. The number of rotatable bonds is 5. The summed E-state index contributed by atoms with van der Waals surface area (Å²) in [6.07, 6.45) is 6.44. The van der Waals surface area contributed by atoms with Crippen LogP contribution in [0.4, 0.5) is 0 Å². The molecule has 2 aliphatic heterocycles. The highest BCUT2D eigenvalue weighted by molar-refractivity contribution is 5.76. The Labute approximate surface area is 144 Å². The summed E-state index contributed by atoms with van der Waals surface area (Å²) in [5.41, 5.74) is 5.52. The van der Waals surface area contributed by atoms with Gasteiger partial charge in [0.2, 0.25) is 5.91 Å². The average molecular weight is 334 g/mol. The molecule has 2 fully saturated rings. The van der Waals surface area contributed by atoms with Gasteiger partial charge >= 0.3 is 0 Å². The topological polar surface area (TPSA) is 80.3 Å². The number of hydrogen-bond acceptors (Lipinski definition) is 5. The zero-order valence-corrected chi connectivity index (χ0v) is 14.8. The van der Waals surface area contributed by atoms with Gasteiger partial charge in [-0.1, -0.05) is 6.42 Å². The molecule has 2 N–H and O–H groups in total. The lowest BCUT2D eigenvalue weighted by atomic mass is 9.97. The smallest absolute Gasteiger partial charge is 0.223 e. The van der Waals surface area contributed by atoms with Crippen LogP contribution in [-0.4, -0.2) is 63.2 Å². The predicted octanol–water partition coefficient (Wildman–Crippen LogP) is 0.856. The quantitative estimate of drug-likeness (QED) is 0.864. The molecule has 24 heavy (non-hydrogen) atoms. The van der Waals surface area contributed by atoms with Crippen LogP contribution >= 0.6 is 0 Å². The summed E-state index contributed by atoms with van der Waals surface area (Å²) in [7, 11) is 2.06. The van der Waals surface area contributed by atoms with Gasteiger partial charge in [-0.15, -0.1) is 10.2 Å². The van der Waals surface area contributed by atoms with Crippen LogP contribution in [0, 0.1) is 0 Å². The summed E-state index contributed by atoms with van der Waals surface area (Å²) in [4.78, 5) is 16.5. The minimum Gasteiger partial charge on any atom is -0.342 e. The van der Waals surface area contributed by atoms with Gasteiger partial charge in [-0.05, 0) is 38.8 Å². The molecule has 0 unspecified atom stereocenters. The number of nitrogens with two attached hydrogens (primary N) is 1. The van der Waals surface area contributed by atoms with E-state index in [1.54, 1.807) is 0 Å². The van der Waals surface area contributed by atoms with Crippen molar-refractivity contribution in [2.24, 2.45) is 12.8 Å². The van der Waals surface area contributed by atoms with Gasteiger partial charge in [0.05, 0.1) is 6.54 Å². The zero-order chi connectivity index (χ0) is 16.9. The fourth-order valence-corrected chi connectivity index (χ4v) is 3.88. The number of hydrogen-bond donors (Lipinski definition) is 1. The minimum atomic E-state index is 0.165. The first kappa shape index (κ1) is 17.4. The summed E-state index contributed by atoms with van der Waals surface area (Å²) in [6, 6.07) is 0. The molecule has 3 heterocycles. The Morgan fingerprint density at radius 3 is 2.71 bits per heavy atom. The molecule has 0 aliphatic carbocycles. The van der Waals surface area contributed by atoms with E-state index >= 15 is 0 Å². The largest absolute Gasteiger partial charge is 0.342 e. The van der Waals surface area contributed by atoms with E-state index in [0.29, 0.717) is 13.0 Å². The van der Waals surface area contributed by atoms with Crippen LogP contribution in [0.25, 0.3) is 0 Å². The molecule has 3 rings (SSSR count). The van der Waals surface area contributed by atoms with Crippen molar-refractivity contribution in [1.29, 1.82) is 0 Å². The summed E-state index contributed by atoms with van der Waals surface area (Å²) < 4.78 is 2.15. The SMILES string of the molecule is Cn1c(CN2CCCCC2)nnc1[C@H]1CCCN(C(=O)CCN)C1. The fraction of sp³-hybridized carbons (Fsp3) is 0.824. The molecule has 1 aromatic heterocycles. The highest BCUT2D eigenvalue weighted by atomic mass is 16.2. The van der Waals surface area contributed by atoms with Crippen LogP contribution in [0.3, 0.4) is 0 Å². The Morgan fingerprint density at radius 1 is 1.17 bits per heavy atom. The van der Waals surface area contributed by atoms with Crippen LogP contribution in [0.1, 0.15) is 56.1 Å². The molecule has 0 radical (unpaired) electrons. The molecule has 7 heteroatoms. The Kier molecular flexibility index (Phi) is 5.84. The lowest BCUT2D eigenvalue weighted by Crippen LogP contribution is -2.40. The van der Waals surface area contributed by atoms with Gasteiger partial charge in [-0.2, -0.15) is 0 Å². The third-order valence-electron chi connectivity index (χ3n) is 5.31. The van der Waals surface area contributed by atoms with Crippen molar-refractivity contribution in [2.75, 3.05) is 32.7 Å². The van der Waals surface area contributed by atoms with E-state index in [1.807, 2.05) is 4.90 Å². The minimum absolute atomic E-state index is 0.165. The monoisotopic (exact) mass is 334 g/mol. The molecule has 1 amide bonds.